The summed E-state index contributed by atoms with van der Waals surface area (Å²) in [6, 6.07) is 1.61. The topological polar surface area (TPSA) is 76.3 Å². The second-order valence-corrected chi connectivity index (χ2v) is 8.65. The van der Waals surface area contributed by atoms with Crippen molar-refractivity contribution in [2.75, 3.05) is 13.1 Å². The number of pyridine rings is 1. The Morgan fingerprint density at radius 3 is 2.82 bits per heavy atom. The second-order valence-electron chi connectivity index (χ2n) is 6.71. The van der Waals surface area contributed by atoms with E-state index in [2.05, 4.69) is 24.0 Å². The van der Waals surface area contributed by atoms with Crippen LogP contribution < -0.4 is 0 Å². The predicted octanol–water partition coefficient (Wildman–Crippen LogP) is 2.73. The van der Waals surface area contributed by atoms with Crippen LogP contribution >= 0.6 is 0 Å². The zero-order valence-electron chi connectivity index (χ0n) is 13.2. The zero-order valence-corrected chi connectivity index (χ0v) is 14.0. The first kappa shape index (κ1) is 15.4. The maximum absolute atomic E-state index is 12.9. The summed E-state index contributed by atoms with van der Waals surface area (Å²) < 4.78 is 32.3. The van der Waals surface area contributed by atoms with Crippen molar-refractivity contribution >= 4 is 21.1 Å². The van der Waals surface area contributed by atoms with Crippen LogP contribution in [-0.4, -0.2) is 36.0 Å². The fourth-order valence-corrected chi connectivity index (χ4v) is 4.31. The zero-order chi connectivity index (χ0) is 16.0. The third-order valence-corrected chi connectivity index (χ3v) is 6.29. The minimum atomic E-state index is -3.52. The highest BCUT2D eigenvalue weighted by atomic mass is 32.2. The molecule has 120 valence electrons. The van der Waals surface area contributed by atoms with Crippen molar-refractivity contribution in [2.24, 2.45) is 5.41 Å². The third-order valence-electron chi connectivity index (χ3n) is 4.42. The number of aryl methyl sites for hydroxylation is 1. The van der Waals surface area contributed by atoms with Crippen LogP contribution in [0.3, 0.4) is 0 Å². The van der Waals surface area contributed by atoms with Crippen LogP contribution in [-0.2, 0) is 10.0 Å². The summed E-state index contributed by atoms with van der Waals surface area (Å²) in [4.78, 5) is 4.29. The molecule has 0 unspecified atom stereocenters. The van der Waals surface area contributed by atoms with Crippen molar-refractivity contribution in [3.63, 3.8) is 0 Å². The van der Waals surface area contributed by atoms with Crippen LogP contribution in [0.1, 0.15) is 38.8 Å². The van der Waals surface area contributed by atoms with Crippen LogP contribution in [0.25, 0.3) is 11.1 Å². The lowest BCUT2D eigenvalue weighted by atomic mass is 9.85. The van der Waals surface area contributed by atoms with Gasteiger partial charge in [-0.1, -0.05) is 19.0 Å². The minimum absolute atomic E-state index is 0.192. The van der Waals surface area contributed by atoms with Gasteiger partial charge in [0.15, 0.2) is 0 Å². The smallest absolute Gasteiger partial charge is 0.257 e. The van der Waals surface area contributed by atoms with Gasteiger partial charge in [-0.05, 0) is 37.7 Å². The van der Waals surface area contributed by atoms with E-state index in [-0.39, 0.29) is 10.3 Å². The first-order valence-electron chi connectivity index (χ1n) is 7.52. The fourth-order valence-electron chi connectivity index (χ4n) is 2.85. The largest absolute Gasteiger partial charge is 0.336 e. The molecule has 0 spiro atoms. The molecule has 2 aromatic rings. The highest BCUT2D eigenvalue weighted by Crippen LogP contribution is 2.32. The predicted molar refractivity (Wildman–Crippen MR) is 82.9 cm³/mol. The lowest BCUT2D eigenvalue weighted by molar-refractivity contribution is 0.315. The van der Waals surface area contributed by atoms with E-state index in [9.17, 15) is 8.42 Å². The molecule has 6 nitrogen and oxygen atoms in total. The Bertz CT molecular complexity index is 795. The maximum Gasteiger partial charge on any atom is 0.257 e. The molecule has 3 rings (SSSR count). The van der Waals surface area contributed by atoms with E-state index in [1.165, 1.54) is 6.20 Å². The summed E-state index contributed by atoms with van der Waals surface area (Å²) >= 11 is 0. The van der Waals surface area contributed by atoms with Crippen molar-refractivity contribution in [1.29, 1.82) is 0 Å². The quantitative estimate of drug-likeness (QED) is 0.849. The Kier molecular flexibility index (Phi) is 3.72. The number of hydrogen-bond acceptors (Lipinski definition) is 5. The van der Waals surface area contributed by atoms with Crippen molar-refractivity contribution < 1.29 is 12.9 Å². The summed E-state index contributed by atoms with van der Waals surface area (Å²) in [6.07, 6.45) is 4.15. The first-order chi connectivity index (χ1) is 10.3. The van der Waals surface area contributed by atoms with Gasteiger partial charge in [-0.2, -0.15) is 4.31 Å². The molecule has 0 amide bonds. The Morgan fingerprint density at radius 1 is 1.27 bits per heavy atom. The lowest BCUT2D eigenvalue weighted by Gasteiger charge is -2.23. The van der Waals surface area contributed by atoms with Gasteiger partial charge < -0.3 is 4.52 Å². The van der Waals surface area contributed by atoms with Gasteiger partial charge >= 0.3 is 0 Å². The molecule has 2 aromatic heterocycles. The Morgan fingerprint density at radius 2 is 2.05 bits per heavy atom. The molecule has 0 atom stereocenters. The van der Waals surface area contributed by atoms with E-state index in [1.54, 1.807) is 17.3 Å². The third kappa shape index (κ3) is 2.75. The SMILES string of the molecule is Cc1noc2ncc(S(=O)(=O)N3CCCC(C)(C)CC3)cc12. The van der Waals surface area contributed by atoms with Gasteiger partial charge in [0, 0.05) is 13.1 Å². The summed E-state index contributed by atoms with van der Waals surface area (Å²) in [5, 5.41) is 4.47. The standard InChI is InChI=1S/C15H21N3O3S/c1-11-13-9-12(10-16-14(13)21-17-11)22(19,20)18-7-4-5-15(2,3)6-8-18/h9-10H,4-8H2,1-3H3. The van der Waals surface area contributed by atoms with E-state index >= 15 is 0 Å². The van der Waals surface area contributed by atoms with Crippen LogP contribution in [0.5, 0.6) is 0 Å². The summed E-state index contributed by atoms with van der Waals surface area (Å²) in [5.41, 5.74) is 1.21. The van der Waals surface area contributed by atoms with Gasteiger partial charge in [0.25, 0.3) is 5.71 Å². The van der Waals surface area contributed by atoms with Crippen LogP contribution in [0.2, 0.25) is 0 Å². The van der Waals surface area contributed by atoms with E-state index in [4.69, 9.17) is 4.52 Å². The summed E-state index contributed by atoms with van der Waals surface area (Å²) in [7, 11) is -3.52. The van der Waals surface area contributed by atoms with E-state index in [1.807, 2.05) is 0 Å². The van der Waals surface area contributed by atoms with Gasteiger partial charge in [0.05, 0.1) is 17.3 Å². The second kappa shape index (κ2) is 5.31. The van der Waals surface area contributed by atoms with Gasteiger partial charge in [0.2, 0.25) is 10.0 Å². The molecule has 0 aliphatic carbocycles. The fraction of sp³-hybridized carbons (Fsp3) is 0.600. The molecule has 1 saturated heterocycles. The molecule has 0 bridgehead atoms. The van der Waals surface area contributed by atoms with E-state index in [0.717, 1.165) is 19.3 Å². The minimum Gasteiger partial charge on any atom is -0.336 e. The number of hydrogen-bond donors (Lipinski definition) is 0. The van der Waals surface area contributed by atoms with Crippen LogP contribution in [0, 0.1) is 12.3 Å². The normalized spacial score (nSPS) is 20.1. The van der Waals surface area contributed by atoms with Gasteiger partial charge in [0.1, 0.15) is 4.90 Å². The molecule has 3 heterocycles. The van der Waals surface area contributed by atoms with Gasteiger partial charge in [-0.3, -0.25) is 0 Å². The number of fused-ring (bicyclic) bond motifs is 1. The number of rotatable bonds is 2. The van der Waals surface area contributed by atoms with Crippen molar-refractivity contribution in [3.05, 3.63) is 18.0 Å². The first-order valence-corrected chi connectivity index (χ1v) is 8.96. The summed E-state index contributed by atoms with van der Waals surface area (Å²) in [6.45, 7) is 7.27. The molecule has 0 saturated carbocycles. The molecular weight excluding hydrogens is 302 g/mol. The molecule has 7 heteroatoms. The molecule has 0 radical (unpaired) electrons. The van der Waals surface area contributed by atoms with Crippen LogP contribution in [0.4, 0.5) is 0 Å². The highest BCUT2D eigenvalue weighted by Gasteiger charge is 2.31. The van der Waals surface area contributed by atoms with E-state index < -0.39 is 10.0 Å². The molecule has 0 N–H and O–H groups in total. The van der Waals surface area contributed by atoms with E-state index in [0.29, 0.717) is 29.9 Å². The lowest BCUT2D eigenvalue weighted by Crippen LogP contribution is -2.32. The van der Waals surface area contributed by atoms with Crippen molar-refractivity contribution in [1.82, 2.24) is 14.4 Å². The molecule has 0 aromatic carbocycles. The monoisotopic (exact) mass is 323 g/mol. The Balaban J connectivity index is 1.95. The highest BCUT2D eigenvalue weighted by molar-refractivity contribution is 7.89. The Hall–Kier alpha value is -1.47. The maximum atomic E-state index is 12.9. The molecule has 1 aliphatic rings. The average molecular weight is 323 g/mol. The number of nitrogens with zero attached hydrogens (tertiary/aromatic N) is 3. The van der Waals surface area contributed by atoms with Crippen molar-refractivity contribution in [3.8, 4) is 0 Å². The van der Waals surface area contributed by atoms with Gasteiger partial charge in [-0.15, -0.1) is 0 Å². The number of aromatic nitrogens is 2. The molecule has 1 aliphatic heterocycles. The molecule has 22 heavy (non-hydrogen) atoms. The summed E-state index contributed by atoms with van der Waals surface area (Å²) in [5.74, 6) is 0. The van der Waals surface area contributed by atoms with Gasteiger partial charge in [-0.25, -0.2) is 13.4 Å². The Labute approximate surface area is 130 Å². The molecule has 1 fully saturated rings. The van der Waals surface area contributed by atoms with Crippen molar-refractivity contribution in [2.45, 2.75) is 44.9 Å². The average Bonchev–Trinajstić information content (AvgIpc) is 2.72. The molecular formula is C15H21N3O3S. The van der Waals surface area contributed by atoms with Crippen LogP contribution in [0.15, 0.2) is 21.7 Å². The number of sulfonamides is 1.